The predicted molar refractivity (Wildman–Crippen MR) is 91.6 cm³/mol. The van der Waals surface area contributed by atoms with Gasteiger partial charge in [-0.2, -0.15) is 4.68 Å². The minimum absolute atomic E-state index is 0.0965. The molecular weight excluding hydrogens is 359 g/mol. The number of thioether (sulfide) groups is 1. The first kappa shape index (κ1) is 16.5. The summed E-state index contributed by atoms with van der Waals surface area (Å²) in [4.78, 5) is 12.5. The third kappa shape index (κ3) is 3.38. The molecule has 7 nitrogen and oxygen atoms in total. The molecule has 0 unspecified atom stereocenters. The SMILES string of the molecule is O=C(CSc1nnnn1-c1cccc(F)c1)c1ccc2c(c1)OCCO2. The highest BCUT2D eigenvalue weighted by Gasteiger charge is 2.17. The average Bonchev–Trinajstić information content (AvgIpc) is 3.14. The Kier molecular flexibility index (Phi) is 4.53. The van der Waals surface area contributed by atoms with Crippen molar-refractivity contribution in [2.45, 2.75) is 5.16 Å². The Morgan fingerprint density at radius 3 is 2.85 bits per heavy atom. The van der Waals surface area contributed by atoms with E-state index >= 15 is 0 Å². The number of ketones is 1. The van der Waals surface area contributed by atoms with E-state index in [0.717, 1.165) is 0 Å². The summed E-state index contributed by atoms with van der Waals surface area (Å²) in [7, 11) is 0. The number of benzene rings is 2. The maximum absolute atomic E-state index is 13.4. The van der Waals surface area contributed by atoms with Gasteiger partial charge in [0.2, 0.25) is 5.16 Å². The van der Waals surface area contributed by atoms with Crippen LogP contribution in [0.15, 0.2) is 47.6 Å². The molecule has 2 aromatic carbocycles. The Bertz CT molecular complexity index is 963. The van der Waals surface area contributed by atoms with Crippen molar-refractivity contribution in [3.8, 4) is 17.2 Å². The largest absolute Gasteiger partial charge is 0.486 e. The molecule has 0 radical (unpaired) electrons. The van der Waals surface area contributed by atoms with Gasteiger partial charge in [-0.1, -0.05) is 17.8 Å². The second-order valence-corrected chi connectivity index (χ2v) is 6.37. The normalized spacial score (nSPS) is 12.8. The van der Waals surface area contributed by atoms with Crippen LogP contribution in [0.4, 0.5) is 4.39 Å². The monoisotopic (exact) mass is 372 g/mol. The number of carbonyl (C=O) groups excluding carboxylic acids is 1. The quantitative estimate of drug-likeness (QED) is 0.503. The standard InChI is InChI=1S/C17H13FN4O3S/c18-12-2-1-3-13(9-12)22-17(19-20-21-22)26-10-14(23)11-4-5-15-16(8-11)25-7-6-24-15/h1-5,8-9H,6-7,10H2. The van der Waals surface area contributed by atoms with Crippen molar-refractivity contribution >= 4 is 17.5 Å². The molecule has 1 aliphatic heterocycles. The molecule has 0 fully saturated rings. The number of hydrogen-bond donors (Lipinski definition) is 0. The molecule has 26 heavy (non-hydrogen) atoms. The predicted octanol–water partition coefficient (Wildman–Crippen LogP) is 2.55. The summed E-state index contributed by atoms with van der Waals surface area (Å²) in [6.45, 7) is 0.959. The summed E-state index contributed by atoms with van der Waals surface area (Å²) < 4.78 is 25.7. The highest BCUT2D eigenvalue weighted by molar-refractivity contribution is 7.99. The van der Waals surface area contributed by atoms with E-state index in [1.165, 1.54) is 28.6 Å². The first-order valence-corrected chi connectivity index (χ1v) is 8.79. The molecule has 0 spiro atoms. The average molecular weight is 372 g/mol. The van der Waals surface area contributed by atoms with Crippen LogP contribution in [0.5, 0.6) is 11.5 Å². The number of rotatable bonds is 5. The number of nitrogens with zero attached hydrogens (tertiary/aromatic N) is 4. The van der Waals surface area contributed by atoms with Crippen LogP contribution in [-0.4, -0.2) is 45.0 Å². The molecule has 3 aromatic rings. The molecule has 0 bridgehead atoms. The number of tetrazole rings is 1. The lowest BCUT2D eigenvalue weighted by molar-refractivity contribution is 0.102. The topological polar surface area (TPSA) is 79.1 Å². The summed E-state index contributed by atoms with van der Waals surface area (Å²) in [5, 5.41) is 11.8. The third-order valence-corrected chi connectivity index (χ3v) is 4.61. The molecule has 0 amide bonds. The Hall–Kier alpha value is -2.94. The maximum atomic E-state index is 13.4. The molecule has 0 aliphatic carbocycles. The molecule has 0 atom stereocenters. The number of halogens is 1. The van der Waals surface area contributed by atoms with E-state index in [9.17, 15) is 9.18 Å². The smallest absolute Gasteiger partial charge is 0.214 e. The second kappa shape index (κ2) is 7.12. The minimum atomic E-state index is -0.388. The fourth-order valence-electron chi connectivity index (χ4n) is 2.47. The van der Waals surface area contributed by atoms with Crippen LogP contribution in [0, 0.1) is 5.82 Å². The second-order valence-electron chi connectivity index (χ2n) is 5.42. The van der Waals surface area contributed by atoms with Gasteiger partial charge in [0, 0.05) is 5.56 Å². The van der Waals surface area contributed by atoms with Gasteiger partial charge >= 0.3 is 0 Å². The fraction of sp³-hybridized carbons (Fsp3) is 0.176. The first-order valence-electron chi connectivity index (χ1n) is 7.81. The Balaban J connectivity index is 1.48. The molecule has 1 aromatic heterocycles. The van der Waals surface area contributed by atoms with E-state index in [-0.39, 0.29) is 17.4 Å². The van der Waals surface area contributed by atoms with Crippen molar-refractivity contribution in [3.63, 3.8) is 0 Å². The maximum Gasteiger partial charge on any atom is 0.214 e. The molecule has 2 heterocycles. The summed E-state index contributed by atoms with van der Waals surface area (Å²) in [6, 6.07) is 11.0. The highest BCUT2D eigenvalue weighted by Crippen LogP contribution is 2.31. The van der Waals surface area contributed by atoms with Gasteiger partial charge < -0.3 is 9.47 Å². The Morgan fingerprint density at radius 1 is 1.15 bits per heavy atom. The van der Waals surface area contributed by atoms with Crippen molar-refractivity contribution in [2.24, 2.45) is 0 Å². The van der Waals surface area contributed by atoms with Gasteiger partial charge in [-0.25, -0.2) is 4.39 Å². The van der Waals surface area contributed by atoms with Crippen molar-refractivity contribution < 1.29 is 18.7 Å². The van der Waals surface area contributed by atoms with E-state index < -0.39 is 0 Å². The van der Waals surface area contributed by atoms with Crippen molar-refractivity contribution in [3.05, 3.63) is 53.8 Å². The number of hydrogen-bond acceptors (Lipinski definition) is 7. The van der Waals surface area contributed by atoms with Gasteiger partial charge in [-0.15, -0.1) is 5.10 Å². The van der Waals surface area contributed by atoms with Gasteiger partial charge in [-0.3, -0.25) is 4.79 Å². The van der Waals surface area contributed by atoms with E-state index in [4.69, 9.17) is 9.47 Å². The van der Waals surface area contributed by atoms with Crippen LogP contribution in [0.25, 0.3) is 5.69 Å². The van der Waals surface area contributed by atoms with E-state index in [1.807, 2.05) is 0 Å². The molecule has 4 rings (SSSR count). The van der Waals surface area contributed by atoms with Crippen LogP contribution in [0.1, 0.15) is 10.4 Å². The van der Waals surface area contributed by atoms with Crippen LogP contribution in [-0.2, 0) is 0 Å². The Morgan fingerprint density at radius 2 is 2.00 bits per heavy atom. The van der Waals surface area contributed by atoms with Gasteiger partial charge in [0.15, 0.2) is 17.3 Å². The zero-order valence-corrected chi connectivity index (χ0v) is 14.3. The number of aromatic nitrogens is 4. The third-order valence-electron chi connectivity index (χ3n) is 3.69. The van der Waals surface area contributed by atoms with E-state index in [1.54, 1.807) is 30.3 Å². The lowest BCUT2D eigenvalue weighted by Gasteiger charge is -2.18. The Labute approximate surface area is 152 Å². The number of ether oxygens (including phenoxy) is 2. The first-order chi connectivity index (χ1) is 12.7. The highest BCUT2D eigenvalue weighted by atomic mass is 32.2. The van der Waals surface area contributed by atoms with Gasteiger partial charge in [0.25, 0.3) is 0 Å². The summed E-state index contributed by atoms with van der Waals surface area (Å²) in [5.74, 6) is 0.851. The molecule has 132 valence electrons. The van der Waals surface area contributed by atoms with Gasteiger partial charge in [-0.05, 0) is 46.8 Å². The van der Waals surface area contributed by atoms with E-state index in [2.05, 4.69) is 15.5 Å². The number of carbonyl (C=O) groups is 1. The zero-order chi connectivity index (χ0) is 17.9. The molecule has 0 saturated heterocycles. The molecule has 0 N–H and O–H groups in total. The molecule has 1 aliphatic rings. The minimum Gasteiger partial charge on any atom is -0.486 e. The van der Waals surface area contributed by atoms with Crippen LogP contribution >= 0.6 is 11.8 Å². The number of fused-ring (bicyclic) bond motifs is 1. The fourth-order valence-corrected chi connectivity index (χ4v) is 3.25. The lowest BCUT2D eigenvalue weighted by Crippen LogP contribution is -2.16. The van der Waals surface area contributed by atoms with Crippen molar-refractivity contribution in [1.82, 2.24) is 20.2 Å². The number of Topliss-reactive ketones (excluding diaryl/α,β-unsaturated/α-hetero) is 1. The van der Waals surface area contributed by atoms with Gasteiger partial charge in [0.05, 0.1) is 11.4 Å². The lowest BCUT2D eigenvalue weighted by atomic mass is 10.1. The molecular formula is C17H13FN4O3S. The van der Waals surface area contributed by atoms with Crippen molar-refractivity contribution in [2.75, 3.05) is 19.0 Å². The van der Waals surface area contributed by atoms with Crippen LogP contribution in [0.3, 0.4) is 0 Å². The van der Waals surface area contributed by atoms with Crippen LogP contribution in [0.2, 0.25) is 0 Å². The molecule has 0 saturated carbocycles. The van der Waals surface area contributed by atoms with E-state index in [0.29, 0.717) is 41.1 Å². The summed E-state index contributed by atoms with van der Waals surface area (Å²) >= 11 is 1.18. The van der Waals surface area contributed by atoms with Crippen LogP contribution < -0.4 is 9.47 Å². The molecule has 9 heteroatoms. The zero-order valence-electron chi connectivity index (χ0n) is 13.5. The van der Waals surface area contributed by atoms with Crippen molar-refractivity contribution in [1.29, 1.82) is 0 Å². The summed E-state index contributed by atoms with van der Waals surface area (Å²) in [5.41, 5.74) is 1.01. The summed E-state index contributed by atoms with van der Waals surface area (Å²) in [6.07, 6.45) is 0. The van der Waals surface area contributed by atoms with Gasteiger partial charge in [0.1, 0.15) is 19.0 Å².